The van der Waals surface area contributed by atoms with Gasteiger partial charge in [0.1, 0.15) is 0 Å². The van der Waals surface area contributed by atoms with Gasteiger partial charge in [0.25, 0.3) is 0 Å². The number of anilines is 2. The molecule has 102 valence electrons. The van der Waals surface area contributed by atoms with Gasteiger partial charge >= 0.3 is 0 Å². The lowest BCUT2D eigenvalue weighted by molar-refractivity contribution is 0.0961. The minimum absolute atomic E-state index is 0.0426. The monoisotopic (exact) mass is 272 g/mol. The van der Waals surface area contributed by atoms with Crippen LogP contribution in [0.15, 0.2) is 18.2 Å². The molecule has 0 aromatic heterocycles. The SMILES string of the molecule is CC(C)N(CCOCCO)c1cc(Cl)ccc1N. The molecule has 0 atom stereocenters. The number of rotatable bonds is 7. The highest BCUT2D eigenvalue weighted by atomic mass is 35.5. The number of ether oxygens (including phenoxy) is 1. The van der Waals surface area contributed by atoms with Crippen LogP contribution in [0.4, 0.5) is 11.4 Å². The molecule has 0 saturated carbocycles. The Kier molecular flexibility index (Phi) is 6.25. The molecule has 0 saturated heterocycles. The standard InChI is InChI=1S/C13H21ClN2O2/c1-10(2)16(5-7-18-8-6-17)13-9-11(14)3-4-12(13)15/h3-4,9-10,17H,5-8,15H2,1-2H3. The summed E-state index contributed by atoms with van der Waals surface area (Å²) in [5, 5.41) is 9.33. The van der Waals surface area contributed by atoms with Gasteiger partial charge in [-0.1, -0.05) is 11.6 Å². The fourth-order valence-corrected chi connectivity index (χ4v) is 1.92. The number of nitrogens with zero attached hydrogens (tertiary/aromatic N) is 1. The van der Waals surface area contributed by atoms with Gasteiger partial charge in [0.15, 0.2) is 0 Å². The van der Waals surface area contributed by atoms with E-state index in [-0.39, 0.29) is 6.61 Å². The lowest BCUT2D eigenvalue weighted by Gasteiger charge is -2.30. The Labute approximate surface area is 113 Å². The van der Waals surface area contributed by atoms with Crippen LogP contribution >= 0.6 is 11.6 Å². The molecule has 0 aliphatic carbocycles. The van der Waals surface area contributed by atoms with Crippen LogP contribution < -0.4 is 10.6 Å². The molecule has 0 bridgehead atoms. The van der Waals surface area contributed by atoms with Crippen LogP contribution in [0.25, 0.3) is 0 Å². The molecule has 4 nitrogen and oxygen atoms in total. The molecule has 5 heteroatoms. The van der Waals surface area contributed by atoms with E-state index >= 15 is 0 Å². The minimum Gasteiger partial charge on any atom is -0.397 e. The summed E-state index contributed by atoms with van der Waals surface area (Å²) in [6, 6.07) is 5.75. The number of hydrogen-bond donors (Lipinski definition) is 2. The van der Waals surface area contributed by atoms with Gasteiger partial charge in [0.2, 0.25) is 0 Å². The minimum atomic E-state index is 0.0426. The Hall–Kier alpha value is -0.970. The third-order valence-corrected chi connectivity index (χ3v) is 2.87. The maximum absolute atomic E-state index is 8.66. The summed E-state index contributed by atoms with van der Waals surface area (Å²) in [5.74, 6) is 0. The lowest BCUT2D eigenvalue weighted by Crippen LogP contribution is -2.34. The van der Waals surface area contributed by atoms with Gasteiger partial charge in [-0.2, -0.15) is 0 Å². The van der Waals surface area contributed by atoms with Crippen molar-refractivity contribution in [1.29, 1.82) is 0 Å². The molecule has 0 amide bonds. The summed E-state index contributed by atoms with van der Waals surface area (Å²) in [5.41, 5.74) is 7.60. The topological polar surface area (TPSA) is 58.7 Å². The number of halogens is 1. The van der Waals surface area contributed by atoms with Crippen molar-refractivity contribution < 1.29 is 9.84 Å². The van der Waals surface area contributed by atoms with Crippen molar-refractivity contribution in [2.45, 2.75) is 19.9 Å². The van der Waals surface area contributed by atoms with Crippen molar-refractivity contribution in [2.75, 3.05) is 37.0 Å². The number of nitrogens with two attached hydrogens (primary N) is 1. The maximum atomic E-state index is 8.66. The lowest BCUT2D eigenvalue weighted by atomic mass is 10.2. The van der Waals surface area contributed by atoms with Crippen molar-refractivity contribution in [2.24, 2.45) is 0 Å². The van der Waals surface area contributed by atoms with Crippen LogP contribution in [-0.4, -0.2) is 37.5 Å². The molecule has 0 aliphatic rings. The summed E-state index contributed by atoms with van der Waals surface area (Å²) >= 11 is 6.00. The summed E-state index contributed by atoms with van der Waals surface area (Å²) in [4.78, 5) is 2.14. The predicted molar refractivity (Wildman–Crippen MR) is 76.3 cm³/mol. The first-order chi connectivity index (χ1) is 8.56. The zero-order valence-electron chi connectivity index (χ0n) is 10.9. The van der Waals surface area contributed by atoms with Crippen LogP contribution in [0.1, 0.15) is 13.8 Å². The molecular weight excluding hydrogens is 252 g/mol. The largest absolute Gasteiger partial charge is 0.397 e. The van der Waals surface area contributed by atoms with Gasteiger partial charge in [0, 0.05) is 17.6 Å². The Balaban J connectivity index is 2.74. The van der Waals surface area contributed by atoms with Gasteiger partial charge in [-0.05, 0) is 32.0 Å². The molecule has 3 N–H and O–H groups in total. The second-order valence-corrected chi connectivity index (χ2v) is 4.76. The summed E-state index contributed by atoms with van der Waals surface area (Å²) in [7, 11) is 0. The third-order valence-electron chi connectivity index (χ3n) is 2.64. The highest BCUT2D eigenvalue weighted by molar-refractivity contribution is 6.31. The van der Waals surface area contributed by atoms with Crippen molar-refractivity contribution in [1.82, 2.24) is 0 Å². The van der Waals surface area contributed by atoms with E-state index in [1.165, 1.54) is 0 Å². The molecule has 18 heavy (non-hydrogen) atoms. The van der Waals surface area contributed by atoms with Gasteiger partial charge in [-0.25, -0.2) is 0 Å². The molecule has 1 rings (SSSR count). The van der Waals surface area contributed by atoms with Crippen molar-refractivity contribution in [3.8, 4) is 0 Å². The third kappa shape index (κ3) is 4.37. The number of aliphatic hydroxyl groups is 1. The van der Waals surface area contributed by atoms with Crippen molar-refractivity contribution >= 4 is 23.0 Å². The first-order valence-corrected chi connectivity index (χ1v) is 6.44. The van der Waals surface area contributed by atoms with Gasteiger partial charge < -0.3 is 20.5 Å². The van der Waals surface area contributed by atoms with E-state index in [9.17, 15) is 0 Å². The molecule has 0 spiro atoms. The molecule has 0 heterocycles. The van der Waals surface area contributed by atoms with E-state index in [1.807, 2.05) is 12.1 Å². The van der Waals surface area contributed by atoms with E-state index < -0.39 is 0 Å². The molecule has 1 aromatic carbocycles. The summed E-state index contributed by atoms with van der Waals surface area (Å²) in [6.07, 6.45) is 0. The van der Waals surface area contributed by atoms with Crippen LogP contribution in [-0.2, 0) is 4.74 Å². The molecule has 0 unspecified atom stereocenters. The number of hydrogen-bond acceptors (Lipinski definition) is 4. The smallest absolute Gasteiger partial charge is 0.0698 e. The molecule has 1 aromatic rings. The van der Waals surface area contributed by atoms with Crippen molar-refractivity contribution in [3.63, 3.8) is 0 Å². The van der Waals surface area contributed by atoms with E-state index in [0.29, 0.717) is 36.5 Å². The highest BCUT2D eigenvalue weighted by Gasteiger charge is 2.13. The summed E-state index contributed by atoms with van der Waals surface area (Å²) in [6.45, 7) is 5.84. The van der Waals surface area contributed by atoms with E-state index in [4.69, 9.17) is 27.2 Å². The number of aliphatic hydroxyl groups excluding tert-OH is 1. The van der Waals surface area contributed by atoms with Crippen LogP contribution in [0.3, 0.4) is 0 Å². The Morgan fingerprint density at radius 2 is 2.11 bits per heavy atom. The average molecular weight is 273 g/mol. The quantitative estimate of drug-likeness (QED) is 0.590. The van der Waals surface area contributed by atoms with E-state index in [2.05, 4.69) is 18.7 Å². The first-order valence-electron chi connectivity index (χ1n) is 6.06. The molecule has 0 radical (unpaired) electrons. The second-order valence-electron chi connectivity index (χ2n) is 4.33. The first kappa shape index (κ1) is 15.1. The van der Waals surface area contributed by atoms with Gasteiger partial charge in [0.05, 0.1) is 31.2 Å². The van der Waals surface area contributed by atoms with Crippen molar-refractivity contribution in [3.05, 3.63) is 23.2 Å². The zero-order valence-corrected chi connectivity index (χ0v) is 11.7. The van der Waals surface area contributed by atoms with Crippen LogP contribution in [0.2, 0.25) is 5.02 Å². The summed E-state index contributed by atoms with van der Waals surface area (Å²) < 4.78 is 5.29. The Morgan fingerprint density at radius 1 is 1.39 bits per heavy atom. The van der Waals surface area contributed by atoms with E-state index in [1.54, 1.807) is 6.07 Å². The van der Waals surface area contributed by atoms with Crippen LogP contribution in [0, 0.1) is 0 Å². The number of benzene rings is 1. The molecular formula is C13H21ClN2O2. The second kappa shape index (κ2) is 7.46. The van der Waals surface area contributed by atoms with E-state index in [0.717, 1.165) is 5.69 Å². The zero-order chi connectivity index (χ0) is 13.5. The van der Waals surface area contributed by atoms with Crippen LogP contribution in [0.5, 0.6) is 0 Å². The fourth-order valence-electron chi connectivity index (χ4n) is 1.75. The normalized spacial score (nSPS) is 10.9. The Bertz CT molecular complexity index is 372. The average Bonchev–Trinajstić information content (AvgIpc) is 2.32. The molecule has 0 aliphatic heterocycles. The van der Waals surface area contributed by atoms with Gasteiger partial charge in [-0.15, -0.1) is 0 Å². The fraction of sp³-hybridized carbons (Fsp3) is 0.538. The maximum Gasteiger partial charge on any atom is 0.0698 e. The Morgan fingerprint density at radius 3 is 2.72 bits per heavy atom. The molecule has 0 fully saturated rings. The highest BCUT2D eigenvalue weighted by Crippen LogP contribution is 2.28. The van der Waals surface area contributed by atoms with Gasteiger partial charge in [-0.3, -0.25) is 0 Å². The predicted octanol–water partition coefficient (Wildman–Crippen LogP) is 2.15. The number of nitrogen functional groups attached to an aromatic ring is 1.